The molecule has 2 heterocycles. The summed E-state index contributed by atoms with van der Waals surface area (Å²) < 4.78 is 6.81. The highest BCUT2D eigenvalue weighted by atomic mass is 16.5. The van der Waals surface area contributed by atoms with Crippen LogP contribution < -0.4 is 15.0 Å². The lowest BCUT2D eigenvalue weighted by molar-refractivity contribution is -0.125. The van der Waals surface area contributed by atoms with E-state index in [2.05, 4.69) is 20.8 Å². The quantitative estimate of drug-likeness (QED) is 0.462. The average Bonchev–Trinajstić information content (AvgIpc) is 3.45. The van der Waals surface area contributed by atoms with E-state index in [0.29, 0.717) is 17.9 Å². The van der Waals surface area contributed by atoms with Gasteiger partial charge >= 0.3 is 0 Å². The van der Waals surface area contributed by atoms with Gasteiger partial charge in [0.15, 0.2) is 0 Å². The number of nitrogens with zero attached hydrogens (tertiary/aromatic N) is 5. The third-order valence-corrected chi connectivity index (χ3v) is 6.17. The minimum atomic E-state index is -0.439. The summed E-state index contributed by atoms with van der Waals surface area (Å²) in [6, 6.07) is 23.9. The zero-order chi connectivity index (χ0) is 24.2. The molecule has 0 bridgehead atoms. The Hall–Kier alpha value is -4.53. The molecule has 9 nitrogen and oxygen atoms in total. The summed E-state index contributed by atoms with van der Waals surface area (Å²) in [6.45, 7) is 0. The molecule has 1 aromatic heterocycles. The van der Waals surface area contributed by atoms with Gasteiger partial charge in [0.1, 0.15) is 12.1 Å². The first-order valence-electron chi connectivity index (χ1n) is 11.3. The summed E-state index contributed by atoms with van der Waals surface area (Å²) in [5.41, 5.74) is 3.08. The summed E-state index contributed by atoms with van der Waals surface area (Å²) in [7, 11) is 1.60. The molecule has 9 heteroatoms. The SMILES string of the molecule is COc1ccc(N2C(=O)CC[C@@H](C(=O)Nc3ccc(-n4cnnn4)cc3)[C@H]2c2ccccc2)cc1. The molecule has 2 amide bonds. The fourth-order valence-electron chi connectivity index (χ4n) is 4.46. The van der Waals surface area contributed by atoms with Gasteiger partial charge in [-0.25, -0.2) is 4.68 Å². The van der Waals surface area contributed by atoms with Crippen LogP contribution in [0, 0.1) is 5.92 Å². The van der Waals surface area contributed by atoms with Crippen molar-refractivity contribution in [2.75, 3.05) is 17.3 Å². The van der Waals surface area contributed by atoms with Crippen molar-refractivity contribution < 1.29 is 14.3 Å². The maximum Gasteiger partial charge on any atom is 0.229 e. The molecule has 1 aliphatic heterocycles. The molecule has 0 spiro atoms. The molecule has 0 aliphatic carbocycles. The topological polar surface area (TPSA) is 102 Å². The van der Waals surface area contributed by atoms with E-state index in [-0.39, 0.29) is 18.2 Å². The van der Waals surface area contributed by atoms with Crippen LogP contribution in [-0.4, -0.2) is 39.1 Å². The Balaban J connectivity index is 1.44. The molecule has 2 atom stereocenters. The first-order chi connectivity index (χ1) is 17.1. The first-order valence-corrected chi connectivity index (χ1v) is 11.3. The highest BCUT2D eigenvalue weighted by molar-refractivity contribution is 6.00. The predicted octanol–water partition coefficient (Wildman–Crippen LogP) is 3.79. The van der Waals surface area contributed by atoms with Gasteiger partial charge in [-0.2, -0.15) is 0 Å². The van der Waals surface area contributed by atoms with Crippen molar-refractivity contribution in [3.8, 4) is 11.4 Å². The van der Waals surface area contributed by atoms with Gasteiger partial charge in [-0.3, -0.25) is 9.59 Å². The molecule has 4 aromatic rings. The van der Waals surface area contributed by atoms with Crippen LogP contribution in [0.3, 0.4) is 0 Å². The third kappa shape index (κ3) is 4.61. The van der Waals surface area contributed by atoms with E-state index in [1.807, 2.05) is 78.9 Å². The van der Waals surface area contributed by atoms with E-state index in [0.717, 1.165) is 16.9 Å². The lowest BCUT2D eigenvalue weighted by Gasteiger charge is -2.41. The van der Waals surface area contributed by atoms with Gasteiger partial charge in [0, 0.05) is 17.8 Å². The molecule has 1 fully saturated rings. The summed E-state index contributed by atoms with van der Waals surface area (Å²) in [6.07, 6.45) is 2.25. The van der Waals surface area contributed by atoms with Crippen molar-refractivity contribution in [1.82, 2.24) is 20.2 Å². The average molecular weight is 469 g/mol. The number of carbonyl (C=O) groups excluding carboxylic acids is 2. The standard InChI is InChI=1S/C26H24N6O3/c1-35-22-13-11-21(12-14-22)32-24(33)16-15-23(25(32)18-5-3-2-4-6-18)26(34)28-19-7-9-20(10-8-19)31-17-27-29-30-31/h2-14,17,23,25H,15-16H2,1H3,(H,28,34)/t23-,25-/m1/s1. The van der Waals surface area contributed by atoms with E-state index in [4.69, 9.17) is 4.74 Å². The second-order valence-corrected chi connectivity index (χ2v) is 8.25. The van der Waals surface area contributed by atoms with E-state index in [1.54, 1.807) is 12.0 Å². The number of tetrazole rings is 1. The maximum absolute atomic E-state index is 13.5. The molecular weight excluding hydrogens is 444 g/mol. The van der Waals surface area contributed by atoms with Gasteiger partial charge in [0.25, 0.3) is 0 Å². The van der Waals surface area contributed by atoms with Crippen LogP contribution >= 0.6 is 0 Å². The molecule has 0 saturated carbocycles. The van der Waals surface area contributed by atoms with Crippen molar-refractivity contribution in [1.29, 1.82) is 0 Å². The summed E-state index contributed by atoms with van der Waals surface area (Å²) in [5, 5.41) is 14.2. The molecule has 0 unspecified atom stereocenters. The Morgan fingerprint density at radius 1 is 0.971 bits per heavy atom. The predicted molar refractivity (Wildman–Crippen MR) is 130 cm³/mol. The lowest BCUT2D eigenvalue weighted by Crippen LogP contribution is -2.46. The lowest BCUT2D eigenvalue weighted by atomic mass is 9.83. The summed E-state index contributed by atoms with van der Waals surface area (Å²) in [5.74, 6) is 0.115. The van der Waals surface area contributed by atoms with Crippen molar-refractivity contribution in [3.05, 3.63) is 90.8 Å². The number of rotatable bonds is 6. The third-order valence-electron chi connectivity index (χ3n) is 6.17. The Morgan fingerprint density at radius 2 is 1.69 bits per heavy atom. The van der Waals surface area contributed by atoms with Crippen LogP contribution in [0.15, 0.2) is 85.2 Å². The number of nitrogens with one attached hydrogen (secondary N) is 1. The zero-order valence-electron chi connectivity index (χ0n) is 19.1. The fraction of sp³-hybridized carbons (Fsp3) is 0.192. The number of piperidine rings is 1. The Morgan fingerprint density at radius 3 is 2.34 bits per heavy atom. The summed E-state index contributed by atoms with van der Waals surface area (Å²) in [4.78, 5) is 28.4. The molecule has 35 heavy (non-hydrogen) atoms. The zero-order valence-corrected chi connectivity index (χ0v) is 19.1. The van der Waals surface area contributed by atoms with Gasteiger partial charge in [-0.05, 0) is 70.9 Å². The smallest absolute Gasteiger partial charge is 0.229 e. The van der Waals surface area contributed by atoms with Crippen LogP contribution in [0.25, 0.3) is 5.69 Å². The number of ether oxygens (including phenoxy) is 1. The first kappa shape index (κ1) is 22.3. The van der Waals surface area contributed by atoms with Crippen molar-refractivity contribution in [2.45, 2.75) is 18.9 Å². The number of amides is 2. The maximum atomic E-state index is 13.5. The highest BCUT2D eigenvalue weighted by Gasteiger charge is 2.41. The second kappa shape index (κ2) is 9.76. The molecule has 0 radical (unpaired) electrons. The Bertz CT molecular complexity index is 1290. The monoisotopic (exact) mass is 468 g/mol. The van der Waals surface area contributed by atoms with Gasteiger partial charge in [0.05, 0.1) is 24.8 Å². The van der Waals surface area contributed by atoms with Crippen molar-refractivity contribution in [3.63, 3.8) is 0 Å². The molecule has 1 saturated heterocycles. The van der Waals surface area contributed by atoms with E-state index < -0.39 is 12.0 Å². The van der Waals surface area contributed by atoms with E-state index in [1.165, 1.54) is 11.0 Å². The number of carbonyl (C=O) groups is 2. The number of benzene rings is 3. The highest BCUT2D eigenvalue weighted by Crippen LogP contribution is 2.40. The van der Waals surface area contributed by atoms with Crippen LogP contribution in [0.1, 0.15) is 24.4 Å². The normalized spacial score (nSPS) is 17.7. The molecule has 176 valence electrons. The Kier molecular flexibility index (Phi) is 6.21. The molecular formula is C26H24N6O3. The molecule has 3 aromatic carbocycles. The van der Waals surface area contributed by atoms with Gasteiger partial charge < -0.3 is 15.0 Å². The number of anilines is 2. The van der Waals surface area contributed by atoms with Crippen molar-refractivity contribution in [2.24, 2.45) is 5.92 Å². The van der Waals surface area contributed by atoms with Gasteiger partial charge in [-0.15, -0.1) is 5.10 Å². The van der Waals surface area contributed by atoms with E-state index >= 15 is 0 Å². The number of methoxy groups -OCH3 is 1. The van der Waals surface area contributed by atoms with Crippen LogP contribution in [0.4, 0.5) is 11.4 Å². The second-order valence-electron chi connectivity index (χ2n) is 8.25. The minimum absolute atomic E-state index is 0.0149. The fourth-order valence-corrected chi connectivity index (χ4v) is 4.46. The van der Waals surface area contributed by atoms with Gasteiger partial charge in [-0.1, -0.05) is 30.3 Å². The molecule has 1 aliphatic rings. The Labute approximate surface area is 202 Å². The largest absolute Gasteiger partial charge is 0.497 e. The van der Waals surface area contributed by atoms with Crippen molar-refractivity contribution >= 4 is 23.2 Å². The summed E-state index contributed by atoms with van der Waals surface area (Å²) >= 11 is 0. The minimum Gasteiger partial charge on any atom is -0.497 e. The van der Waals surface area contributed by atoms with Gasteiger partial charge in [0.2, 0.25) is 11.8 Å². The van der Waals surface area contributed by atoms with Crippen LogP contribution in [0.5, 0.6) is 5.75 Å². The van der Waals surface area contributed by atoms with E-state index in [9.17, 15) is 9.59 Å². The number of hydrogen-bond acceptors (Lipinski definition) is 6. The van der Waals surface area contributed by atoms with Crippen LogP contribution in [-0.2, 0) is 9.59 Å². The number of aromatic nitrogens is 4. The molecule has 1 N–H and O–H groups in total. The van der Waals surface area contributed by atoms with Crippen LogP contribution in [0.2, 0.25) is 0 Å². The number of hydrogen-bond donors (Lipinski definition) is 1. The molecule has 5 rings (SSSR count).